The van der Waals surface area contributed by atoms with Gasteiger partial charge in [-0.15, -0.1) is 10.2 Å². The molecule has 0 saturated carbocycles. The van der Waals surface area contributed by atoms with Gasteiger partial charge in [0.15, 0.2) is 11.0 Å². The number of carbonyl (C=O) groups excluding carboxylic acids is 1. The number of rotatable bonds is 9. The van der Waals surface area contributed by atoms with Crippen LogP contribution in [0.1, 0.15) is 12.8 Å². The van der Waals surface area contributed by atoms with Crippen LogP contribution in [0.4, 0.5) is 11.4 Å². The smallest absolute Gasteiger partial charge is 0.269 e. The van der Waals surface area contributed by atoms with Crippen LogP contribution in [0.2, 0.25) is 5.02 Å². The van der Waals surface area contributed by atoms with Crippen molar-refractivity contribution in [3.63, 3.8) is 0 Å². The van der Waals surface area contributed by atoms with E-state index in [0.29, 0.717) is 43.4 Å². The van der Waals surface area contributed by atoms with Crippen molar-refractivity contribution in [1.29, 1.82) is 0 Å². The second kappa shape index (κ2) is 12.3. The number of amides is 1. The molecule has 0 radical (unpaired) electrons. The van der Waals surface area contributed by atoms with Crippen LogP contribution < -0.4 is 4.90 Å². The third kappa shape index (κ3) is 6.23. The standard InChI is InChI=1S/C28H27ClN6O3S/c29-25-10-5-4-9-24(25)27-30-31-28(34(27)22-7-2-1-3-8-22)39-20-6-11-26(36)33-18-16-32(17-19-33)21-12-14-23(15-13-21)35(37)38/h1-5,7-10,12-15H,6,11,16-20H2. The molecule has 1 amide bonds. The molecule has 200 valence electrons. The summed E-state index contributed by atoms with van der Waals surface area (Å²) in [6, 6.07) is 24.1. The minimum Gasteiger partial charge on any atom is -0.368 e. The second-order valence-electron chi connectivity index (χ2n) is 9.05. The number of halogens is 1. The fourth-order valence-corrected chi connectivity index (χ4v) is 5.65. The Balaban J connectivity index is 1.16. The summed E-state index contributed by atoms with van der Waals surface area (Å²) in [5.41, 5.74) is 2.77. The average molecular weight is 563 g/mol. The number of nitro benzene ring substituents is 1. The molecule has 2 heterocycles. The molecule has 9 nitrogen and oxygen atoms in total. The summed E-state index contributed by atoms with van der Waals surface area (Å²) < 4.78 is 2.01. The van der Waals surface area contributed by atoms with E-state index in [2.05, 4.69) is 15.1 Å². The van der Waals surface area contributed by atoms with Gasteiger partial charge in [0.05, 0.1) is 9.95 Å². The maximum absolute atomic E-state index is 12.9. The van der Waals surface area contributed by atoms with Gasteiger partial charge in [-0.2, -0.15) is 0 Å². The number of benzene rings is 3. The number of hydrogen-bond acceptors (Lipinski definition) is 7. The van der Waals surface area contributed by atoms with Gasteiger partial charge in [0.1, 0.15) is 0 Å². The lowest BCUT2D eigenvalue weighted by atomic mass is 10.2. The van der Waals surface area contributed by atoms with Crippen molar-refractivity contribution < 1.29 is 9.72 Å². The van der Waals surface area contributed by atoms with E-state index < -0.39 is 4.92 Å². The molecule has 0 atom stereocenters. The first-order valence-corrected chi connectivity index (χ1v) is 14.0. The predicted molar refractivity (Wildman–Crippen MR) is 154 cm³/mol. The third-order valence-electron chi connectivity index (χ3n) is 6.59. The van der Waals surface area contributed by atoms with Gasteiger partial charge < -0.3 is 9.80 Å². The lowest BCUT2D eigenvalue weighted by Gasteiger charge is -2.36. The van der Waals surface area contributed by atoms with Crippen molar-refractivity contribution in [2.45, 2.75) is 18.0 Å². The van der Waals surface area contributed by atoms with E-state index in [0.717, 1.165) is 34.3 Å². The van der Waals surface area contributed by atoms with Crippen LogP contribution in [-0.2, 0) is 4.79 Å². The Hall–Kier alpha value is -3.89. The molecule has 11 heteroatoms. The van der Waals surface area contributed by atoms with Crippen LogP contribution in [0, 0.1) is 10.1 Å². The zero-order chi connectivity index (χ0) is 27.2. The van der Waals surface area contributed by atoms with E-state index in [-0.39, 0.29) is 11.6 Å². The first-order valence-electron chi connectivity index (χ1n) is 12.7. The number of nitrogens with zero attached hydrogens (tertiary/aromatic N) is 6. The van der Waals surface area contributed by atoms with Crippen LogP contribution >= 0.6 is 23.4 Å². The minimum absolute atomic E-state index is 0.0764. The Morgan fingerprint density at radius 3 is 2.28 bits per heavy atom. The number of non-ortho nitro benzene ring substituents is 1. The van der Waals surface area contributed by atoms with Gasteiger partial charge in [-0.1, -0.05) is 53.7 Å². The van der Waals surface area contributed by atoms with Gasteiger partial charge in [0.2, 0.25) is 5.91 Å². The summed E-state index contributed by atoms with van der Waals surface area (Å²) >= 11 is 8.04. The molecule has 4 aromatic rings. The number of aromatic nitrogens is 3. The third-order valence-corrected chi connectivity index (χ3v) is 7.93. The number of piperazine rings is 1. The Morgan fingerprint density at radius 2 is 1.59 bits per heavy atom. The summed E-state index contributed by atoms with van der Waals surface area (Å²) in [5.74, 6) is 1.54. The first kappa shape index (κ1) is 26.7. The second-order valence-corrected chi connectivity index (χ2v) is 10.5. The number of nitro groups is 1. The predicted octanol–water partition coefficient (Wildman–Crippen LogP) is 5.72. The van der Waals surface area contributed by atoms with Crippen LogP contribution in [0.15, 0.2) is 84.0 Å². The average Bonchev–Trinajstić information content (AvgIpc) is 3.39. The maximum atomic E-state index is 12.9. The molecule has 39 heavy (non-hydrogen) atoms. The van der Waals surface area contributed by atoms with Gasteiger partial charge in [0.25, 0.3) is 5.69 Å². The largest absolute Gasteiger partial charge is 0.368 e. The molecule has 5 rings (SSSR count). The molecule has 0 spiro atoms. The Bertz CT molecular complexity index is 1440. The molecule has 1 aliphatic rings. The highest BCUT2D eigenvalue weighted by molar-refractivity contribution is 7.99. The molecule has 1 saturated heterocycles. The fraction of sp³-hybridized carbons (Fsp3) is 0.250. The van der Waals surface area contributed by atoms with E-state index in [1.54, 1.807) is 23.9 Å². The minimum atomic E-state index is -0.401. The van der Waals surface area contributed by atoms with Crippen molar-refractivity contribution in [2.75, 3.05) is 36.8 Å². The van der Waals surface area contributed by atoms with Crippen molar-refractivity contribution in [2.24, 2.45) is 0 Å². The van der Waals surface area contributed by atoms with Crippen molar-refractivity contribution in [3.8, 4) is 17.1 Å². The highest BCUT2D eigenvalue weighted by Crippen LogP contribution is 2.32. The van der Waals surface area contributed by atoms with Crippen LogP contribution in [0.25, 0.3) is 17.1 Å². The van der Waals surface area contributed by atoms with Crippen molar-refractivity contribution in [3.05, 3.63) is 94.0 Å². The summed E-state index contributed by atoms with van der Waals surface area (Å²) in [5, 5.41) is 21.1. The Morgan fingerprint density at radius 1 is 0.897 bits per heavy atom. The number of para-hydroxylation sites is 1. The van der Waals surface area contributed by atoms with E-state index >= 15 is 0 Å². The number of hydrogen-bond donors (Lipinski definition) is 0. The van der Waals surface area contributed by atoms with Gasteiger partial charge in [-0.3, -0.25) is 19.5 Å². The van der Waals surface area contributed by atoms with Gasteiger partial charge in [0, 0.05) is 67.4 Å². The molecule has 0 N–H and O–H groups in total. The van der Waals surface area contributed by atoms with E-state index in [9.17, 15) is 14.9 Å². The van der Waals surface area contributed by atoms with Crippen LogP contribution in [0.3, 0.4) is 0 Å². The highest BCUT2D eigenvalue weighted by atomic mass is 35.5. The number of carbonyl (C=O) groups is 1. The molecule has 0 bridgehead atoms. The Labute approximate surface area is 235 Å². The van der Waals surface area contributed by atoms with Crippen LogP contribution in [-0.4, -0.2) is 62.4 Å². The maximum Gasteiger partial charge on any atom is 0.269 e. The normalized spacial score (nSPS) is 13.5. The van der Waals surface area contributed by atoms with E-state index in [1.165, 1.54) is 12.1 Å². The monoisotopic (exact) mass is 562 g/mol. The number of anilines is 1. The SMILES string of the molecule is O=C(CCCSc1nnc(-c2ccccc2Cl)n1-c1ccccc1)N1CCN(c2ccc([N+](=O)[O-])cc2)CC1. The zero-order valence-corrected chi connectivity index (χ0v) is 22.7. The topological polar surface area (TPSA) is 97.4 Å². The summed E-state index contributed by atoms with van der Waals surface area (Å²) in [6.45, 7) is 2.66. The van der Waals surface area contributed by atoms with Crippen molar-refractivity contribution >= 4 is 40.6 Å². The van der Waals surface area contributed by atoms with E-state index in [1.807, 2.05) is 64.1 Å². The molecular formula is C28H27ClN6O3S. The van der Waals surface area contributed by atoms with Gasteiger partial charge in [-0.05, 0) is 42.8 Å². The molecule has 1 fully saturated rings. The van der Waals surface area contributed by atoms with Crippen molar-refractivity contribution in [1.82, 2.24) is 19.7 Å². The molecule has 0 aliphatic carbocycles. The number of thioether (sulfide) groups is 1. The van der Waals surface area contributed by atoms with Crippen LogP contribution in [0.5, 0.6) is 0 Å². The van der Waals surface area contributed by atoms with E-state index in [4.69, 9.17) is 11.6 Å². The highest BCUT2D eigenvalue weighted by Gasteiger charge is 2.22. The summed E-state index contributed by atoms with van der Waals surface area (Å²) in [7, 11) is 0. The summed E-state index contributed by atoms with van der Waals surface area (Å²) in [4.78, 5) is 27.4. The van der Waals surface area contributed by atoms with Gasteiger partial charge in [-0.25, -0.2) is 0 Å². The first-order chi connectivity index (χ1) is 19.0. The zero-order valence-electron chi connectivity index (χ0n) is 21.1. The summed E-state index contributed by atoms with van der Waals surface area (Å²) in [6.07, 6.45) is 1.18. The molecule has 0 unspecified atom stereocenters. The molecule has 1 aliphatic heterocycles. The lowest BCUT2D eigenvalue weighted by Crippen LogP contribution is -2.48. The van der Waals surface area contributed by atoms with Gasteiger partial charge >= 0.3 is 0 Å². The Kier molecular flexibility index (Phi) is 8.43. The molecular weight excluding hydrogens is 536 g/mol. The fourth-order valence-electron chi connectivity index (χ4n) is 4.53. The lowest BCUT2D eigenvalue weighted by molar-refractivity contribution is -0.384. The molecule has 1 aromatic heterocycles. The molecule has 3 aromatic carbocycles. The quantitative estimate of drug-likeness (QED) is 0.111.